The summed E-state index contributed by atoms with van der Waals surface area (Å²) in [5.41, 5.74) is -0.608. The maximum Gasteiger partial charge on any atom is 0.308 e. The third kappa shape index (κ3) is 4.23. The number of aliphatic hydroxyl groups excluding tert-OH is 1. The van der Waals surface area contributed by atoms with Crippen molar-refractivity contribution in [1.29, 1.82) is 0 Å². The molecular formula is C11H13BrFNO4. The zero-order chi connectivity index (χ0) is 13.5. The van der Waals surface area contributed by atoms with E-state index in [2.05, 4.69) is 15.9 Å². The van der Waals surface area contributed by atoms with Crippen LogP contribution in [0, 0.1) is 15.9 Å². The van der Waals surface area contributed by atoms with Crippen LogP contribution in [0.3, 0.4) is 0 Å². The number of halogens is 2. The highest BCUT2D eigenvalue weighted by Gasteiger charge is 2.18. The first-order valence-corrected chi connectivity index (χ1v) is 6.22. The number of nitro benzene ring substituents is 1. The van der Waals surface area contributed by atoms with Gasteiger partial charge in [-0.1, -0.05) is 0 Å². The maximum atomic E-state index is 13.2. The summed E-state index contributed by atoms with van der Waals surface area (Å²) in [7, 11) is 0. The van der Waals surface area contributed by atoms with Gasteiger partial charge in [0.15, 0.2) is 0 Å². The lowest BCUT2D eigenvalue weighted by Gasteiger charge is -2.08. The second-order valence-corrected chi connectivity index (χ2v) is 4.48. The summed E-state index contributed by atoms with van der Waals surface area (Å²) in [6, 6.07) is 2.08. The first-order chi connectivity index (χ1) is 8.56. The van der Waals surface area contributed by atoms with Gasteiger partial charge in [-0.15, -0.1) is 0 Å². The first-order valence-electron chi connectivity index (χ1n) is 5.43. The Labute approximate surface area is 112 Å². The van der Waals surface area contributed by atoms with Gasteiger partial charge in [-0.25, -0.2) is 0 Å². The van der Waals surface area contributed by atoms with Gasteiger partial charge in [0, 0.05) is 6.61 Å². The van der Waals surface area contributed by atoms with Crippen LogP contribution in [0.4, 0.5) is 10.1 Å². The van der Waals surface area contributed by atoms with E-state index in [1.54, 1.807) is 0 Å². The van der Waals surface area contributed by atoms with Gasteiger partial charge in [-0.3, -0.25) is 10.1 Å². The molecule has 7 heteroatoms. The minimum atomic E-state index is -0.903. The standard InChI is InChI=1S/C11H13BrFNO4/c12-8-6-9(13)10(14(16)17)7-11(8)18-5-3-1-2-4-15/h6-7,15H,1-5H2. The van der Waals surface area contributed by atoms with Crippen molar-refractivity contribution in [1.82, 2.24) is 0 Å². The molecule has 0 heterocycles. The van der Waals surface area contributed by atoms with Crippen molar-refractivity contribution in [2.24, 2.45) is 0 Å². The van der Waals surface area contributed by atoms with E-state index in [0.29, 0.717) is 17.5 Å². The van der Waals surface area contributed by atoms with Crippen molar-refractivity contribution in [2.45, 2.75) is 19.3 Å². The molecule has 1 aromatic carbocycles. The Bertz CT molecular complexity index is 428. The van der Waals surface area contributed by atoms with E-state index in [-0.39, 0.29) is 12.4 Å². The fourth-order valence-electron chi connectivity index (χ4n) is 1.34. The Morgan fingerprint density at radius 2 is 2.11 bits per heavy atom. The molecule has 0 aliphatic heterocycles. The van der Waals surface area contributed by atoms with Gasteiger partial charge in [0.25, 0.3) is 0 Å². The predicted octanol–water partition coefficient (Wildman–Crippen LogP) is 3.04. The Balaban J connectivity index is 2.65. The fourth-order valence-corrected chi connectivity index (χ4v) is 1.77. The van der Waals surface area contributed by atoms with Gasteiger partial charge in [0.05, 0.1) is 22.1 Å². The van der Waals surface area contributed by atoms with Gasteiger partial charge in [0.1, 0.15) is 5.75 Å². The Morgan fingerprint density at radius 3 is 2.72 bits per heavy atom. The molecule has 0 aliphatic carbocycles. The quantitative estimate of drug-likeness (QED) is 0.476. The first kappa shape index (κ1) is 14.8. The SMILES string of the molecule is O=[N+]([O-])c1cc(OCCCCCO)c(Br)cc1F. The van der Waals surface area contributed by atoms with E-state index in [0.717, 1.165) is 25.0 Å². The molecule has 0 saturated heterocycles. The summed E-state index contributed by atoms with van der Waals surface area (Å²) in [6.45, 7) is 0.493. The number of hydrogen-bond donors (Lipinski definition) is 1. The number of nitrogens with zero attached hydrogens (tertiary/aromatic N) is 1. The molecule has 5 nitrogen and oxygen atoms in total. The molecule has 0 unspecified atom stereocenters. The molecule has 0 atom stereocenters. The molecule has 0 spiro atoms. The highest BCUT2D eigenvalue weighted by atomic mass is 79.9. The third-order valence-corrected chi connectivity index (χ3v) is 2.88. The Hall–Kier alpha value is -1.21. The number of hydrogen-bond acceptors (Lipinski definition) is 4. The van der Waals surface area contributed by atoms with Crippen LogP contribution in [0.25, 0.3) is 0 Å². The van der Waals surface area contributed by atoms with Crippen LogP contribution in [-0.4, -0.2) is 23.2 Å². The number of benzene rings is 1. The molecule has 100 valence electrons. The highest BCUT2D eigenvalue weighted by molar-refractivity contribution is 9.10. The van der Waals surface area contributed by atoms with Crippen LogP contribution in [-0.2, 0) is 0 Å². The van der Waals surface area contributed by atoms with Crippen LogP contribution >= 0.6 is 15.9 Å². The topological polar surface area (TPSA) is 72.6 Å². The van der Waals surface area contributed by atoms with Crippen LogP contribution in [0.2, 0.25) is 0 Å². The predicted molar refractivity (Wildman–Crippen MR) is 67.2 cm³/mol. The summed E-state index contributed by atoms with van der Waals surface area (Å²) < 4.78 is 18.9. The molecule has 0 saturated carbocycles. The molecule has 0 bridgehead atoms. The molecule has 0 aromatic heterocycles. The summed E-state index contributed by atoms with van der Waals surface area (Å²) in [4.78, 5) is 9.78. The molecule has 0 aliphatic rings. The number of ether oxygens (including phenoxy) is 1. The average Bonchev–Trinajstić information content (AvgIpc) is 2.30. The van der Waals surface area contributed by atoms with Crippen molar-refractivity contribution in [3.8, 4) is 5.75 Å². The minimum Gasteiger partial charge on any atom is -0.492 e. The molecule has 1 aromatic rings. The van der Waals surface area contributed by atoms with Gasteiger partial charge in [0.2, 0.25) is 5.82 Å². The highest BCUT2D eigenvalue weighted by Crippen LogP contribution is 2.32. The van der Waals surface area contributed by atoms with Gasteiger partial charge < -0.3 is 9.84 Å². The number of aliphatic hydroxyl groups is 1. The second kappa shape index (κ2) is 7.27. The third-order valence-electron chi connectivity index (χ3n) is 2.26. The van der Waals surface area contributed by atoms with Crippen molar-refractivity contribution in [3.63, 3.8) is 0 Å². The second-order valence-electron chi connectivity index (χ2n) is 3.62. The molecule has 0 fully saturated rings. The van der Waals surface area contributed by atoms with Crippen LogP contribution in [0.5, 0.6) is 5.75 Å². The molecule has 1 N–H and O–H groups in total. The summed E-state index contributed by atoms with van der Waals surface area (Å²) in [5, 5.41) is 19.2. The number of unbranched alkanes of at least 4 members (excludes halogenated alkanes) is 2. The Morgan fingerprint density at radius 1 is 1.39 bits per heavy atom. The zero-order valence-corrected chi connectivity index (χ0v) is 11.2. The van der Waals surface area contributed by atoms with E-state index in [9.17, 15) is 14.5 Å². The van der Waals surface area contributed by atoms with Crippen molar-refractivity contribution >= 4 is 21.6 Å². The lowest BCUT2D eigenvalue weighted by molar-refractivity contribution is -0.387. The van der Waals surface area contributed by atoms with Crippen molar-refractivity contribution in [2.75, 3.05) is 13.2 Å². The normalized spacial score (nSPS) is 10.4. The monoisotopic (exact) mass is 321 g/mol. The van der Waals surface area contributed by atoms with E-state index < -0.39 is 16.4 Å². The van der Waals surface area contributed by atoms with E-state index >= 15 is 0 Å². The molecular weight excluding hydrogens is 309 g/mol. The van der Waals surface area contributed by atoms with E-state index in [4.69, 9.17) is 9.84 Å². The van der Waals surface area contributed by atoms with E-state index in [1.807, 2.05) is 0 Å². The van der Waals surface area contributed by atoms with Crippen molar-refractivity contribution in [3.05, 3.63) is 32.5 Å². The molecule has 0 radical (unpaired) electrons. The van der Waals surface area contributed by atoms with Gasteiger partial charge in [-0.2, -0.15) is 4.39 Å². The smallest absolute Gasteiger partial charge is 0.308 e. The summed E-state index contributed by atoms with van der Waals surface area (Å²) >= 11 is 3.09. The van der Waals surface area contributed by atoms with Gasteiger partial charge in [-0.05, 0) is 41.3 Å². The summed E-state index contributed by atoms with van der Waals surface area (Å²) in [6.07, 6.45) is 2.21. The lowest BCUT2D eigenvalue weighted by Crippen LogP contribution is -2.00. The lowest BCUT2D eigenvalue weighted by atomic mass is 10.2. The molecule has 1 rings (SSSR count). The van der Waals surface area contributed by atoms with E-state index in [1.165, 1.54) is 0 Å². The summed E-state index contributed by atoms with van der Waals surface area (Å²) in [5.74, 6) is -0.661. The fraction of sp³-hybridized carbons (Fsp3) is 0.455. The molecule has 18 heavy (non-hydrogen) atoms. The average molecular weight is 322 g/mol. The minimum absolute atomic E-state index is 0.131. The maximum absolute atomic E-state index is 13.2. The van der Waals surface area contributed by atoms with Crippen LogP contribution in [0.1, 0.15) is 19.3 Å². The van der Waals surface area contributed by atoms with Crippen molar-refractivity contribution < 1.29 is 19.2 Å². The van der Waals surface area contributed by atoms with Gasteiger partial charge >= 0.3 is 5.69 Å². The Kier molecular flexibility index (Phi) is 6.00. The molecule has 0 amide bonds. The van der Waals surface area contributed by atoms with Crippen LogP contribution in [0.15, 0.2) is 16.6 Å². The van der Waals surface area contributed by atoms with Crippen LogP contribution < -0.4 is 4.74 Å². The number of rotatable bonds is 7. The largest absolute Gasteiger partial charge is 0.492 e. The number of nitro groups is 1. The zero-order valence-electron chi connectivity index (χ0n) is 9.57.